The van der Waals surface area contributed by atoms with E-state index in [2.05, 4.69) is 5.32 Å². The Labute approximate surface area is 138 Å². The maximum absolute atomic E-state index is 11.8. The Hall–Kier alpha value is -2.15. The van der Waals surface area contributed by atoms with Crippen molar-refractivity contribution >= 4 is 34.9 Å². The molecule has 1 N–H and O–H groups in total. The summed E-state index contributed by atoms with van der Waals surface area (Å²) in [5.74, 6) is -1.10. The van der Waals surface area contributed by atoms with Crippen LogP contribution >= 0.6 is 11.6 Å². The average Bonchev–Trinajstić information content (AvgIpc) is 2.55. The van der Waals surface area contributed by atoms with E-state index in [9.17, 15) is 19.7 Å². The number of nitro benzene ring substituents is 1. The highest BCUT2D eigenvalue weighted by Gasteiger charge is 2.23. The number of halogens is 1. The standard InChI is InChI=1S/C15H17ClN2O5/c16-12-7-6-11(18(21)22)8-13(12)17-14(19)9-23-15(20)10-4-2-1-3-5-10/h6-8,10H,1-5,9H2,(H,17,19). The highest BCUT2D eigenvalue weighted by atomic mass is 35.5. The fraction of sp³-hybridized carbons (Fsp3) is 0.467. The molecule has 1 fully saturated rings. The van der Waals surface area contributed by atoms with E-state index in [1.165, 1.54) is 12.1 Å². The minimum absolute atomic E-state index is 0.111. The maximum Gasteiger partial charge on any atom is 0.309 e. The summed E-state index contributed by atoms with van der Waals surface area (Å²) in [6.45, 7) is -0.436. The van der Waals surface area contributed by atoms with Gasteiger partial charge in [0.05, 0.1) is 21.6 Å². The number of carbonyl (C=O) groups is 2. The molecule has 0 bridgehead atoms. The third-order valence-electron chi connectivity index (χ3n) is 3.72. The van der Waals surface area contributed by atoms with Crippen molar-refractivity contribution < 1.29 is 19.2 Å². The smallest absolute Gasteiger partial charge is 0.309 e. The van der Waals surface area contributed by atoms with Gasteiger partial charge in [-0.25, -0.2) is 0 Å². The van der Waals surface area contributed by atoms with Gasteiger partial charge in [-0.05, 0) is 18.9 Å². The SMILES string of the molecule is O=C(COC(=O)C1CCCCC1)Nc1cc([N+](=O)[O-])ccc1Cl. The van der Waals surface area contributed by atoms with E-state index >= 15 is 0 Å². The maximum atomic E-state index is 11.8. The normalized spacial score (nSPS) is 15.0. The summed E-state index contributed by atoms with van der Waals surface area (Å²) in [6.07, 6.45) is 4.69. The molecule has 0 radical (unpaired) electrons. The number of hydrogen-bond donors (Lipinski definition) is 1. The molecule has 1 aromatic carbocycles. The number of esters is 1. The van der Waals surface area contributed by atoms with Crippen molar-refractivity contribution in [2.75, 3.05) is 11.9 Å². The minimum atomic E-state index is -0.588. The summed E-state index contributed by atoms with van der Waals surface area (Å²) in [5.41, 5.74) is -0.0801. The number of ether oxygens (including phenoxy) is 1. The number of nitro groups is 1. The molecular weight excluding hydrogens is 324 g/mol. The summed E-state index contributed by atoms with van der Waals surface area (Å²) in [5, 5.41) is 13.3. The lowest BCUT2D eigenvalue weighted by Gasteiger charge is -2.19. The van der Waals surface area contributed by atoms with Crippen LogP contribution < -0.4 is 5.32 Å². The molecule has 23 heavy (non-hydrogen) atoms. The van der Waals surface area contributed by atoms with Crippen LogP contribution in [0.25, 0.3) is 0 Å². The van der Waals surface area contributed by atoms with E-state index < -0.39 is 17.4 Å². The fourth-order valence-corrected chi connectivity index (χ4v) is 2.67. The second kappa shape index (κ2) is 7.92. The lowest BCUT2D eigenvalue weighted by atomic mass is 9.89. The molecule has 0 saturated heterocycles. The van der Waals surface area contributed by atoms with Gasteiger partial charge in [-0.3, -0.25) is 19.7 Å². The van der Waals surface area contributed by atoms with Crippen molar-refractivity contribution in [1.82, 2.24) is 0 Å². The molecule has 7 nitrogen and oxygen atoms in total. The number of rotatable bonds is 5. The third kappa shape index (κ3) is 4.92. The van der Waals surface area contributed by atoms with Crippen molar-refractivity contribution in [2.45, 2.75) is 32.1 Å². The van der Waals surface area contributed by atoms with Crippen LogP contribution in [0.3, 0.4) is 0 Å². The first-order valence-corrected chi connectivity index (χ1v) is 7.75. The van der Waals surface area contributed by atoms with Gasteiger partial charge in [0.25, 0.3) is 11.6 Å². The largest absolute Gasteiger partial charge is 0.455 e. The second-order valence-corrected chi connectivity index (χ2v) is 5.82. The Morgan fingerprint density at radius 3 is 2.65 bits per heavy atom. The molecule has 1 aliphatic rings. The van der Waals surface area contributed by atoms with Crippen molar-refractivity contribution in [1.29, 1.82) is 0 Å². The zero-order valence-corrected chi connectivity index (χ0v) is 13.2. The number of nitrogens with one attached hydrogen (secondary N) is 1. The second-order valence-electron chi connectivity index (χ2n) is 5.41. The van der Waals surface area contributed by atoms with Crippen molar-refractivity contribution in [3.8, 4) is 0 Å². The third-order valence-corrected chi connectivity index (χ3v) is 4.05. The molecule has 1 saturated carbocycles. The number of non-ortho nitro benzene ring substituents is 1. The Balaban J connectivity index is 1.88. The highest BCUT2D eigenvalue weighted by molar-refractivity contribution is 6.33. The van der Waals surface area contributed by atoms with E-state index in [1.54, 1.807) is 0 Å². The highest BCUT2D eigenvalue weighted by Crippen LogP contribution is 2.27. The number of hydrogen-bond acceptors (Lipinski definition) is 5. The molecule has 0 aliphatic heterocycles. The van der Waals surface area contributed by atoms with Crippen molar-refractivity contribution in [2.24, 2.45) is 5.92 Å². The molecular formula is C15H17ClN2O5. The number of nitrogens with zero attached hydrogens (tertiary/aromatic N) is 1. The number of amides is 1. The molecule has 124 valence electrons. The predicted octanol–water partition coefficient (Wildman–Crippen LogP) is 3.31. The fourth-order valence-electron chi connectivity index (χ4n) is 2.50. The first kappa shape index (κ1) is 17.2. The molecule has 2 rings (SSSR count). The summed E-state index contributed by atoms with van der Waals surface area (Å²) in [4.78, 5) is 33.8. The molecule has 0 heterocycles. The van der Waals surface area contributed by atoms with Crippen LogP contribution in [0.1, 0.15) is 32.1 Å². The van der Waals surface area contributed by atoms with E-state index in [0.717, 1.165) is 38.2 Å². The van der Waals surface area contributed by atoms with Crippen LogP contribution in [0.4, 0.5) is 11.4 Å². The lowest BCUT2D eigenvalue weighted by molar-refractivity contribution is -0.384. The first-order valence-electron chi connectivity index (χ1n) is 7.38. The number of carbonyl (C=O) groups excluding carboxylic acids is 2. The van der Waals surface area contributed by atoms with Gasteiger partial charge in [0, 0.05) is 12.1 Å². The van der Waals surface area contributed by atoms with Crippen LogP contribution in [0.5, 0.6) is 0 Å². The van der Waals surface area contributed by atoms with Crippen LogP contribution in [-0.2, 0) is 14.3 Å². The number of benzene rings is 1. The predicted molar refractivity (Wildman–Crippen MR) is 84.3 cm³/mol. The van der Waals surface area contributed by atoms with Crippen LogP contribution in [0, 0.1) is 16.0 Å². The number of anilines is 1. The van der Waals surface area contributed by atoms with Crippen LogP contribution in [0.2, 0.25) is 5.02 Å². The van der Waals surface area contributed by atoms with Crippen molar-refractivity contribution in [3.63, 3.8) is 0 Å². The van der Waals surface area contributed by atoms with E-state index in [1.807, 2.05) is 0 Å². The monoisotopic (exact) mass is 340 g/mol. The van der Waals surface area contributed by atoms with Gasteiger partial charge < -0.3 is 10.1 Å². The summed E-state index contributed by atoms with van der Waals surface area (Å²) in [6, 6.07) is 3.72. The van der Waals surface area contributed by atoms with Gasteiger partial charge in [0.2, 0.25) is 0 Å². The Morgan fingerprint density at radius 2 is 2.00 bits per heavy atom. The van der Waals surface area contributed by atoms with Crippen LogP contribution in [-0.4, -0.2) is 23.4 Å². The zero-order valence-electron chi connectivity index (χ0n) is 12.4. The zero-order chi connectivity index (χ0) is 16.8. The molecule has 0 atom stereocenters. The van der Waals surface area contributed by atoms with E-state index in [-0.39, 0.29) is 28.3 Å². The molecule has 8 heteroatoms. The van der Waals surface area contributed by atoms with Gasteiger partial charge in [0.1, 0.15) is 0 Å². The van der Waals surface area contributed by atoms with Gasteiger partial charge in [-0.15, -0.1) is 0 Å². The van der Waals surface area contributed by atoms with Crippen LogP contribution in [0.15, 0.2) is 18.2 Å². The summed E-state index contributed by atoms with van der Waals surface area (Å²) < 4.78 is 5.01. The molecule has 0 unspecified atom stereocenters. The first-order chi connectivity index (χ1) is 11.0. The Morgan fingerprint density at radius 1 is 1.30 bits per heavy atom. The topological polar surface area (TPSA) is 98.5 Å². The summed E-state index contributed by atoms with van der Waals surface area (Å²) >= 11 is 5.88. The molecule has 1 amide bonds. The Bertz CT molecular complexity index is 614. The van der Waals surface area contributed by atoms with Gasteiger partial charge in [-0.1, -0.05) is 30.9 Å². The molecule has 0 spiro atoms. The van der Waals surface area contributed by atoms with Crippen molar-refractivity contribution in [3.05, 3.63) is 33.3 Å². The van der Waals surface area contributed by atoms with Gasteiger partial charge in [0.15, 0.2) is 6.61 Å². The quantitative estimate of drug-likeness (QED) is 0.503. The van der Waals surface area contributed by atoms with Gasteiger partial charge in [-0.2, -0.15) is 0 Å². The van der Waals surface area contributed by atoms with E-state index in [4.69, 9.17) is 16.3 Å². The lowest BCUT2D eigenvalue weighted by Crippen LogP contribution is -2.26. The Kier molecular flexibility index (Phi) is 5.92. The summed E-state index contributed by atoms with van der Waals surface area (Å²) in [7, 11) is 0. The molecule has 0 aromatic heterocycles. The van der Waals surface area contributed by atoms with E-state index in [0.29, 0.717) is 0 Å². The minimum Gasteiger partial charge on any atom is -0.455 e. The molecule has 1 aliphatic carbocycles. The molecule has 1 aromatic rings. The average molecular weight is 341 g/mol. The van der Waals surface area contributed by atoms with Gasteiger partial charge >= 0.3 is 5.97 Å².